The molecule has 3 N–H and O–H groups in total. The van der Waals surface area contributed by atoms with E-state index in [2.05, 4.69) is 25.8 Å². The molecule has 1 saturated heterocycles. The van der Waals surface area contributed by atoms with Crippen molar-refractivity contribution in [1.29, 1.82) is 0 Å². The highest BCUT2D eigenvalue weighted by Gasteiger charge is 2.19. The zero-order chi connectivity index (χ0) is 29.8. The Kier molecular flexibility index (Phi) is 11.9. The minimum Gasteiger partial charge on any atom is -0.444 e. The van der Waals surface area contributed by atoms with E-state index in [1.807, 2.05) is 19.0 Å². The summed E-state index contributed by atoms with van der Waals surface area (Å²) in [5.74, 6) is -0.421. The Balaban J connectivity index is 1.59. The van der Waals surface area contributed by atoms with Crippen LogP contribution in [0, 0.1) is 0 Å². The van der Waals surface area contributed by atoms with Gasteiger partial charge in [-0.1, -0.05) is 24.6 Å². The molecule has 1 aromatic carbocycles. The van der Waals surface area contributed by atoms with E-state index in [1.54, 1.807) is 68.3 Å². The number of anilines is 2. The second-order valence-electron chi connectivity index (χ2n) is 11.5. The number of ether oxygens (including phenoxy) is 1. The summed E-state index contributed by atoms with van der Waals surface area (Å²) >= 11 is 0. The van der Waals surface area contributed by atoms with Crippen molar-refractivity contribution in [3.8, 4) is 0 Å². The van der Waals surface area contributed by atoms with Crippen LogP contribution in [0.5, 0.6) is 0 Å². The SMILES string of the molecule is CN(C)CCN(Cc1ccc(C(=O)Nc2ccccc2NC(=O)OC(C)(C)C)nc1)C(=O)NCCN1CCCCC1. The molecule has 0 aliphatic carbocycles. The number of pyridine rings is 1. The van der Waals surface area contributed by atoms with E-state index >= 15 is 0 Å². The van der Waals surface area contributed by atoms with Gasteiger partial charge in [0, 0.05) is 38.9 Å². The second-order valence-corrected chi connectivity index (χ2v) is 11.5. The molecule has 11 nitrogen and oxygen atoms in total. The number of hydrogen-bond acceptors (Lipinski definition) is 7. The summed E-state index contributed by atoms with van der Waals surface area (Å²) in [5.41, 5.74) is 1.22. The van der Waals surface area contributed by atoms with E-state index in [9.17, 15) is 14.4 Å². The maximum Gasteiger partial charge on any atom is 0.412 e. The first kappa shape index (κ1) is 31.8. The number of carbonyl (C=O) groups is 3. The second kappa shape index (κ2) is 15.3. The van der Waals surface area contributed by atoms with Crippen molar-refractivity contribution in [3.05, 3.63) is 53.9 Å². The summed E-state index contributed by atoms with van der Waals surface area (Å²) in [6.45, 7) is 10.7. The van der Waals surface area contributed by atoms with Gasteiger partial charge in [-0.25, -0.2) is 9.59 Å². The van der Waals surface area contributed by atoms with Crippen LogP contribution in [0.1, 0.15) is 56.1 Å². The van der Waals surface area contributed by atoms with Gasteiger partial charge in [0.05, 0.1) is 11.4 Å². The Morgan fingerprint density at radius 1 is 0.951 bits per heavy atom. The first-order valence-corrected chi connectivity index (χ1v) is 14.3. The highest BCUT2D eigenvalue weighted by atomic mass is 16.6. The molecule has 224 valence electrons. The summed E-state index contributed by atoms with van der Waals surface area (Å²) in [7, 11) is 3.95. The predicted octanol–water partition coefficient (Wildman–Crippen LogP) is 4.24. The summed E-state index contributed by atoms with van der Waals surface area (Å²) in [5, 5.41) is 8.54. The van der Waals surface area contributed by atoms with Gasteiger partial charge < -0.3 is 30.1 Å². The number of aromatic nitrogens is 1. The largest absolute Gasteiger partial charge is 0.444 e. The standard InChI is InChI=1S/C30H45N7O4/c1-30(2,3)41-29(40)34-25-12-8-7-11-24(25)33-27(38)26-14-13-23(21-32-26)22-37(20-19-35(4)5)28(39)31-15-18-36-16-9-6-10-17-36/h7-8,11-14,21H,6,9-10,15-20,22H2,1-5H3,(H,31,39)(H,33,38)(H,34,40). The molecule has 3 rings (SSSR count). The molecule has 11 heteroatoms. The number of nitrogens with zero attached hydrogens (tertiary/aromatic N) is 4. The van der Waals surface area contributed by atoms with E-state index < -0.39 is 17.6 Å². The highest BCUT2D eigenvalue weighted by molar-refractivity contribution is 6.05. The van der Waals surface area contributed by atoms with Crippen LogP contribution >= 0.6 is 0 Å². The highest BCUT2D eigenvalue weighted by Crippen LogP contribution is 2.23. The van der Waals surface area contributed by atoms with E-state index in [1.165, 1.54) is 19.3 Å². The molecular weight excluding hydrogens is 522 g/mol. The first-order valence-electron chi connectivity index (χ1n) is 14.3. The number of hydrogen-bond donors (Lipinski definition) is 3. The van der Waals surface area contributed by atoms with Crippen LogP contribution in [0.3, 0.4) is 0 Å². The van der Waals surface area contributed by atoms with Crippen LogP contribution in [-0.4, -0.2) is 96.7 Å². The quantitative estimate of drug-likeness (QED) is 0.372. The third-order valence-corrected chi connectivity index (χ3v) is 6.50. The number of piperidine rings is 1. The van der Waals surface area contributed by atoms with Gasteiger partial charge in [0.1, 0.15) is 11.3 Å². The molecule has 0 unspecified atom stereocenters. The lowest BCUT2D eigenvalue weighted by molar-refractivity contribution is 0.0635. The van der Waals surface area contributed by atoms with Crippen molar-refractivity contribution in [2.75, 3.05) is 64.0 Å². The monoisotopic (exact) mass is 567 g/mol. The van der Waals surface area contributed by atoms with Crippen molar-refractivity contribution in [2.24, 2.45) is 0 Å². The number of likely N-dealkylation sites (tertiary alicyclic amines) is 1. The van der Waals surface area contributed by atoms with Crippen LogP contribution in [-0.2, 0) is 11.3 Å². The van der Waals surface area contributed by atoms with Gasteiger partial charge in [-0.2, -0.15) is 0 Å². The first-order chi connectivity index (χ1) is 19.5. The number of benzene rings is 1. The zero-order valence-electron chi connectivity index (χ0n) is 25.0. The van der Waals surface area contributed by atoms with Crippen molar-refractivity contribution in [2.45, 2.75) is 52.2 Å². The number of urea groups is 1. The van der Waals surface area contributed by atoms with Crippen LogP contribution in [0.4, 0.5) is 21.0 Å². The number of amides is 4. The van der Waals surface area contributed by atoms with E-state index in [-0.39, 0.29) is 11.7 Å². The van der Waals surface area contributed by atoms with Crippen LogP contribution in [0.2, 0.25) is 0 Å². The molecule has 2 aromatic rings. The van der Waals surface area contributed by atoms with Crippen molar-refractivity contribution in [1.82, 2.24) is 25.0 Å². The third kappa shape index (κ3) is 11.4. The lowest BCUT2D eigenvalue weighted by Crippen LogP contribution is -2.45. The molecule has 1 aliphatic heterocycles. The Morgan fingerprint density at radius 3 is 2.24 bits per heavy atom. The molecular formula is C30H45N7O4. The maximum atomic E-state index is 13.0. The summed E-state index contributed by atoms with van der Waals surface area (Å²) in [6.07, 6.45) is 4.73. The minimum absolute atomic E-state index is 0.111. The van der Waals surface area contributed by atoms with Crippen LogP contribution < -0.4 is 16.0 Å². The Bertz CT molecular complexity index is 1140. The topological polar surface area (TPSA) is 119 Å². The number of likely N-dealkylation sites (N-methyl/N-ethyl adjacent to an activating group) is 1. The number of nitrogens with one attached hydrogen (secondary N) is 3. The molecule has 1 aromatic heterocycles. The van der Waals surface area contributed by atoms with Gasteiger partial charge in [0.15, 0.2) is 0 Å². The van der Waals surface area contributed by atoms with E-state index in [0.29, 0.717) is 31.0 Å². The van der Waals surface area contributed by atoms with Crippen LogP contribution in [0.25, 0.3) is 0 Å². The molecule has 0 atom stereocenters. The minimum atomic E-state index is -0.649. The summed E-state index contributed by atoms with van der Waals surface area (Å²) < 4.78 is 5.32. The van der Waals surface area contributed by atoms with Gasteiger partial charge in [-0.3, -0.25) is 15.1 Å². The Hall–Kier alpha value is -3.70. The fourth-order valence-corrected chi connectivity index (χ4v) is 4.36. The van der Waals surface area contributed by atoms with Gasteiger partial charge in [-0.05, 0) is 84.6 Å². The molecule has 4 amide bonds. The molecule has 0 spiro atoms. The van der Waals surface area contributed by atoms with Crippen molar-refractivity contribution >= 4 is 29.4 Å². The Labute approximate surface area is 243 Å². The van der Waals surface area contributed by atoms with E-state index in [4.69, 9.17) is 4.74 Å². The van der Waals surface area contributed by atoms with Crippen LogP contribution in [0.15, 0.2) is 42.6 Å². The zero-order valence-corrected chi connectivity index (χ0v) is 25.0. The third-order valence-electron chi connectivity index (χ3n) is 6.50. The molecule has 0 radical (unpaired) electrons. The lowest BCUT2D eigenvalue weighted by atomic mass is 10.1. The molecule has 0 saturated carbocycles. The molecule has 2 heterocycles. The fraction of sp³-hybridized carbons (Fsp3) is 0.533. The smallest absolute Gasteiger partial charge is 0.412 e. The van der Waals surface area contributed by atoms with Gasteiger partial charge in [0.2, 0.25) is 0 Å². The Morgan fingerprint density at radius 2 is 1.63 bits per heavy atom. The fourth-order valence-electron chi connectivity index (χ4n) is 4.36. The molecule has 41 heavy (non-hydrogen) atoms. The molecule has 1 aliphatic rings. The summed E-state index contributed by atoms with van der Waals surface area (Å²) in [6, 6.07) is 10.2. The normalized spacial score (nSPS) is 13.9. The predicted molar refractivity (Wildman–Crippen MR) is 161 cm³/mol. The molecule has 0 bridgehead atoms. The van der Waals surface area contributed by atoms with Crippen molar-refractivity contribution < 1.29 is 19.1 Å². The average molecular weight is 568 g/mol. The molecule has 1 fully saturated rings. The maximum absolute atomic E-state index is 13.0. The van der Waals surface area contributed by atoms with Gasteiger partial charge >= 0.3 is 12.1 Å². The average Bonchev–Trinajstić information content (AvgIpc) is 2.91. The van der Waals surface area contributed by atoms with Gasteiger partial charge in [-0.15, -0.1) is 0 Å². The number of carbonyl (C=O) groups excluding carboxylic acids is 3. The van der Waals surface area contributed by atoms with Crippen molar-refractivity contribution in [3.63, 3.8) is 0 Å². The number of para-hydroxylation sites is 2. The number of rotatable bonds is 11. The lowest BCUT2D eigenvalue weighted by Gasteiger charge is -2.28. The van der Waals surface area contributed by atoms with E-state index in [0.717, 1.165) is 31.7 Å². The summed E-state index contributed by atoms with van der Waals surface area (Å²) in [4.78, 5) is 48.7. The van der Waals surface area contributed by atoms with Gasteiger partial charge in [0.25, 0.3) is 5.91 Å².